The zero-order valence-corrected chi connectivity index (χ0v) is 23.7. The largest absolute Gasteiger partial charge is 0.338 e. The SMILES string of the molecule is O=S(O)OSc1cc(S(=O)(=O)O)c2nc(-c3ccc(-c4nc5c(S(=O)(=O)O)cc(S(=O)(=O)O)cc5[nH]4)cc3)[nH]c2c1. The number of fused-ring (bicyclic) bond motifs is 2. The summed E-state index contributed by atoms with van der Waals surface area (Å²) in [6, 6.07) is 10.0. The van der Waals surface area contributed by atoms with Crippen LogP contribution < -0.4 is 0 Å². The molecule has 0 saturated carbocycles. The van der Waals surface area contributed by atoms with Crippen LogP contribution in [-0.2, 0) is 45.3 Å². The molecule has 2 aromatic heterocycles. The lowest BCUT2D eigenvalue weighted by Crippen LogP contribution is -2.04. The van der Waals surface area contributed by atoms with E-state index in [-0.39, 0.29) is 38.6 Å². The number of benzene rings is 3. The molecule has 2 heterocycles. The van der Waals surface area contributed by atoms with Crippen LogP contribution in [0.1, 0.15) is 0 Å². The molecule has 6 N–H and O–H groups in total. The molecule has 0 bridgehead atoms. The van der Waals surface area contributed by atoms with Gasteiger partial charge in [-0.2, -0.15) is 33.1 Å². The molecule has 21 heteroatoms. The van der Waals surface area contributed by atoms with Crippen LogP contribution in [0, 0.1) is 0 Å². The summed E-state index contributed by atoms with van der Waals surface area (Å²) in [6.07, 6.45) is 0. The van der Waals surface area contributed by atoms with Gasteiger partial charge in [-0.3, -0.25) is 18.2 Å². The molecule has 0 aliphatic carbocycles. The first-order chi connectivity index (χ1) is 19.0. The summed E-state index contributed by atoms with van der Waals surface area (Å²) in [5.41, 5.74) is 0.449. The molecule has 1 unspecified atom stereocenters. The predicted molar refractivity (Wildman–Crippen MR) is 144 cm³/mol. The summed E-state index contributed by atoms with van der Waals surface area (Å²) in [5.74, 6) is 0.242. The van der Waals surface area contributed by atoms with E-state index in [0.717, 1.165) is 12.1 Å². The fraction of sp³-hybridized carbons (Fsp3) is 0. The maximum Gasteiger partial charge on any atom is 0.314 e. The van der Waals surface area contributed by atoms with E-state index in [1.54, 1.807) is 0 Å². The van der Waals surface area contributed by atoms with Crippen LogP contribution in [0.15, 0.2) is 68.1 Å². The number of nitrogens with one attached hydrogen (secondary N) is 2. The smallest absolute Gasteiger partial charge is 0.314 e. The monoisotopic (exact) mass is 662 g/mol. The summed E-state index contributed by atoms with van der Waals surface area (Å²) >= 11 is -2.25. The number of hydrogen-bond acceptors (Lipinski definition) is 11. The minimum absolute atomic E-state index is 0.0735. The van der Waals surface area contributed by atoms with Crippen LogP contribution in [-0.4, -0.2) is 67.6 Å². The Balaban J connectivity index is 1.56. The van der Waals surface area contributed by atoms with Crippen molar-refractivity contribution in [2.75, 3.05) is 0 Å². The molecule has 3 aromatic carbocycles. The van der Waals surface area contributed by atoms with Crippen LogP contribution in [0.3, 0.4) is 0 Å². The Morgan fingerprint density at radius 1 is 0.707 bits per heavy atom. The second-order valence-electron chi connectivity index (χ2n) is 8.18. The summed E-state index contributed by atoms with van der Waals surface area (Å²) < 4.78 is 123. The Bertz CT molecular complexity index is 2210. The van der Waals surface area contributed by atoms with Crippen LogP contribution >= 0.6 is 12.0 Å². The Hall–Kier alpha value is -3.25. The number of H-pyrrole nitrogens is 2. The van der Waals surface area contributed by atoms with Gasteiger partial charge >= 0.3 is 11.4 Å². The fourth-order valence-electron chi connectivity index (χ4n) is 3.84. The standard InChI is InChI=1S/C20H14N4O12S5/c25-38(26)36-37-11-5-13-17(15(6-11)40(30,31)32)23-19(21-13)9-1-3-10(4-2-9)20-22-14-7-12(39(27,28)29)8-16(18(14)24-20)41(33,34)35/h1-8H,(H,21,23)(H,22,24)(H,25,26)(H,27,28,29)(H,30,31,32)(H,33,34,35). The van der Waals surface area contributed by atoms with Gasteiger partial charge in [-0.25, -0.2) is 9.97 Å². The molecule has 0 amide bonds. The Morgan fingerprint density at radius 2 is 1.17 bits per heavy atom. The summed E-state index contributed by atoms with van der Waals surface area (Å²) in [5, 5.41) is 0. The summed E-state index contributed by atoms with van der Waals surface area (Å²) in [7, 11) is -14.5. The van der Waals surface area contributed by atoms with Gasteiger partial charge in [0, 0.05) is 28.1 Å². The number of nitrogens with zero attached hydrogens (tertiary/aromatic N) is 2. The van der Waals surface area contributed by atoms with E-state index in [4.69, 9.17) is 4.55 Å². The van der Waals surface area contributed by atoms with Gasteiger partial charge in [0.2, 0.25) is 0 Å². The third kappa shape index (κ3) is 6.04. The van der Waals surface area contributed by atoms with Gasteiger partial charge in [0.15, 0.2) is 0 Å². The number of aromatic amines is 2. The van der Waals surface area contributed by atoms with Gasteiger partial charge in [0.05, 0.1) is 15.9 Å². The summed E-state index contributed by atoms with van der Waals surface area (Å²) in [4.78, 5) is 11.9. The zero-order chi connectivity index (χ0) is 29.9. The lowest BCUT2D eigenvalue weighted by atomic mass is 10.1. The zero-order valence-electron chi connectivity index (χ0n) is 19.6. The van der Waals surface area contributed by atoms with Gasteiger partial charge < -0.3 is 9.97 Å². The van der Waals surface area contributed by atoms with Crippen molar-refractivity contribution in [3.05, 3.63) is 48.5 Å². The van der Waals surface area contributed by atoms with E-state index in [1.807, 2.05) is 0 Å². The topological polar surface area (TPSA) is 267 Å². The second kappa shape index (κ2) is 10.2. The molecule has 0 saturated heterocycles. The molecular weight excluding hydrogens is 649 g/mol. The lowest BCUT2D eigenvalue weighted by Gasteiger charge is -2.02. The number of hydrogen-bond donors (Lipinski definition) is 6. The summed E-state index contributed by atoms with van der Waals surface area (Å²) in [6.45, 7) is 0. The van der Waals surface area contributed by atoms with E-state index >= 15 is 0 Å². The maximum atomic E-state index is 12.0. The minimum Gasteiger partial charge on any atom is -0.338 e. The molecule has 16 nitrogen and oxygen atoms in total. The van der Waals surface area contributed by atoms with Gasteiger partial charge in [0.25, 0.3) is 30.4 Å². The minimum atomic E-state index is -4.93. The second-order valence-corrected chi connectivity index (χ2v) is 14.0. The Labute approximate surface area is 237 Å². The lowest BCUT2D eigenvalue weighted by molar-refractivity contribution is 0.479. The molecular formula is C20H14N4O12S5. The average Bonchev–Trinajstić information content (AvgIpc) is 3.49. The molecule has 0 spiro atoms. The van der Waals surface area contributed by atoms with Crippen molar-refractivity contribution in [2.45, 2.75) is 19.6 Å². The van der Waals surface area contributed by atoms with Gasteiger partial charge in [-0.05, 0) is 24.3 Å². The molecule has 0 aliphatic heterocycles. The number of imidazole rings is 2. The van der Waals surface area contributed by atoms with Crippen molar-refractivity contribution in [3.8, 4) is 22.8 Å². The average molecular weight is 663 g/mol. The van der Waals surface area contributed by atoms with E-state index in [1.165, 1.54) is 30.3 Å². The first-order valence-electron chi connectivity index (χ1n) is 10.6. The molecule has 0 radical (unpaired) electrons. The van der Waals surface area contributed by atoms with Crippen molar-refractivity contribution in [3.63, 3.8) is 0 Å². The van der Waals surface area contributed by atoms with Crippen LogP contribution in [0.2, 0.25) is 0 Å². The predicted octanol–water partition coefficient (Wildman–Crippen LogP) is 2.67. The van der Waals surface area contributed by atoms with Crippen molar-refractivity contribution >= 4 is 75.8 Å². The first-order valence-corrected chi connectivity index (χ1v) is 16.7. The van der Waals surface area contributed by atoms with Crippen LogP contribution in [0.25, 0.3) is 44.8 Å². The number of rotatable bonds is 8. The van der Waals surface area contributed by atoms with Crippen molar-refractivity contribution in [2.24, 2.45) is 0 Å². The Kier molecular flexibility index (Phi) is 7.30. The number of aromatic nitrogens is 4. The van der Waals surface area contributed by atoms with Gasteiger partial charge in [-0.15, -0.1) is 0 Å². The van der Waals surface area contributed by atoms with E-state index in [0.29, 0.717) is 29.2 Å². The van der Waals surface area contributed by atoms with Crippen molar-refractivity contribution < 1.29 is 51.3 Å². The first kappa shape index (κ1) is 29.2. The highest BCUT2D eigenvalue weighted by Crippen LogP contribution is 2.33. The quantitative estimate of drug-likeness (QED) is 0.0792. The molecule has 216 valence electrons. The third-order valence-electron chi connectivity index (χ3n) is 5.52. The third-order valence-corrected chi connectivity index (χ3v) is 9.26. The highest BCUT2D eigenvalue weighted by atomic mass is 32.3. The molecule has 41 heavy (non-hydrogen) atoms. The molecule has 0 aliphatic rings. The Morgan fingerprint density at radius 3 is 1.61 bits per heavy atom. The van der Waals surface area contributed by atoms with E-state index in [2.05, 4.69) is 23.6 Å². The van der Waals surface area contributed by atoms with Gasteiger partial charge in [-0.1, -0.05) is 24.3 Å². The van der Waals surface area contributed by atoms with Crippen molar-refractivity contribution in [1.82, 2.24) is 19.9 Å². The highest BCUT2D eigenvalue weighted by molar-refractivity contribution is 8.01. The van der Waals surface area contributed by atoms with E-state index in [9.17, 15) is 43.1 Å². The van der Waals surface area contributed by atoms with E-state index < -0.39 is 56.4 Å². The van der Waals surface area contributed by atoms with Crippen molar-refractivity contribution in [1.29, 1.82) is 0 Å². The van der Waals surface area contributed by atoms with Crippen LogP contribution in [0.4, 0.5) is 0 Å². The molecule has 0 fully saturated rings. The molecule has 5 aromatic rings. The normalized spacial score (nSPS) is 13.7. The molecule has 5 rings (SSSR count). The van der Waals surface area contributed by atoms with Gasteiger partial charge in [0.1, 0.15) is 32.5 Å². The highest BCUT2D eigenvalue weighted by Gasteiger charge is 2.24. The fourth-order valence-corrected chi connectivity index (χ4v) is 6.75. The van der Waals surface area contributed by atoms with Crippen LogP contribution in [0.5, 0.6) is 0 Å². The maximum absolute atomic E-state index is 12.0. The molecule has 1 atom stereocenters.